The highest BCUT2D eigenvalue weighted by Gasteiger charge is 2.43. The molecule has 0 saturated heterocycles. The Labute approximate surface area is 121 Å². The minimum atomic E-state index is -2.69. The van der Waals surface area contributed by atoms with Gasteiger partial charge in [0.1, 0.15) is 0 Å². The Hall–Kier alpha value is -1.47. The molecule has 0 aromatic heterocycles. The molecule has 0 bridgehead atoms. The van der Waals surface area contributed by atoms with Crippen molar-refractivity contribution in [3.63, 3.8) is 0 Å². The van der Waals surface area contributed by atoms with Crippen molar-refractivity contribution in [3.8, 4) is 0 Å². The molecule has 1 atom stereocenters. The van der Waals surface area contributed by atoms with Gasteiger partial charge in [0.25, 0.3) is 11.8 Å². The maximum Gasteiger partial charge on any atom is 0.491 e. The number of carbonyl (C=O) groups is 1. The van der Waals surface area contributed by atoms with Crippen molar-refractivity contribution < 1.29 is 23.3 Å². The summed E-state index contributed by atoms with van der Waals surface area (Å²) >= 11 is 0. The number of benzene rings is 1. The first-order valence-electron chi connectivity index (χ1n) is 7.06. The highest BCUT2D eigenvalue weighted by atomic mass is 19.3. The molecule has 3 rings (SSSR count). The topological polar surface area (TPSA) is 58.6 Å². The summed E-state index contributed by atoms with van der Waals surface area (Å²) in [6.07, 6.45) is 0.829. The van der Waals surface area contributed by atoms with E-state index in [1.165, 1.54) is 0 Å². The second-order valence-corrected chi connectivity index (χ2v) is 5.64. The Morgan fingerprint density at radius 3 is 3.05 bits per heavy atom. The van der Waals surface area contributed by atoms with E-state index in [4.69, 9.17) is 4.65 Å². The molecule has 1 unspecified atom stereocenters. The second-order valence-electron chi connectivity index (χ2n) is 5.64. The molecule has 1 aliphatic heterocycles. The highest BCUT2D eigenvalue weighted by molar-refractivity contribution is 6.61. The molecule has 1 aromatic rings. The van der Waals surface area contributed by atoms with Gasteiger partial charge in [-0.2, -0.15) is 0 Å². The third-order valence-electron chi connectivity index (χ3n) is 4.24. The summed E-state index contributed by atoms with van der Waals surface area (Å²) in [5.74, 6) is -3.88. The van der Waals surface area contributed by atoms with Crippen molar-refractivity contribution in [2.45, 2.75) is 31.8 Å². The van der Waals surface area contributed by atoms with Crippen LogP contribution >= 0.6 is 0 Å². The zero-order chi connectivity index (χ0) is 15.0. The van der Waals surface area contributed by atoms with E-state index >= 15 is 0 Å². The van der Waals surface area contributed by atoms with Crippen LogP contribution in [-0.4, -0.2) is 30.5 Å². The first-order chi connectivity index (χ1) is 9.97. The molecule has 21 heavy (non-hydrogen) atoms. The van der Waals surface area contributed by atoms with E-state index in [-0.39, 0.29) is 13.0 Å². The lowest BCUT2D eigenvalue weighted by Gasteiger charge is -2.19. The summed E-state index contributed by atoms with van der Waals surface area (Å²) in [7, 11) is -1.02. The quantitative estimate of drug-likeness (QED) is 0.820. The van der Waals surface area contributed by atoms with Crippen LogP contribution in [0.4, 0.5) is 8.78 Å². The molecule has 2 aliphatic rings. The van der Waals surface area contributed by atoms with Crippen LogP contribution in [0.2, 0.25) is 0 Å². The number of hydrogen-bond acceptors (Lipinski definition) is 3. The van der Waals surface area contributed by atoms with Gasteiger partial charge < -0.3 is 15.0 Å². The maximum absolute atomic E-state index is 13.5. The van der Waals surface area contributed by atoms with Gasteiger partial charge in [0.05, 0.1) is 6.61 Å². The minimum Gasteiger partial charge on any atom is -0.423 e. The van der Waals surface area contributed by atoms with E-state index in [0.29, 0.717) is 30.5 Å². The van der Waals surface area contributed by atoms with E-state index in [9.17, 15) is 18.6 Å². The first kappa shape index (κ1) is 14.5. The predicted octanol–water partition coefficient (Wildman–Crippen LogP) is 1.07. The molecule has 112 valence electrons. The van der Waals surface area contributed by atoms with Gasteiger partial charge in [-0.1, -0.05) is 6.07 Å². The molecule has 7 heteroatoms. The van der Waals surface area contributed by atoms with Gasteiger partial charge in [-0.3, -0.25) is 4.79 Å². The molecular formula is C14H16BF2NO3. The Balaban J connectivity index is 1.65. The molecule has 1 saturated carbocycles. The van der Waals surface area contributed by atoms with Crippen molar-refractivity contribution in [2.24, 2.45) is 5.92 Å². The number of hydrogen-bond donors (Lipinski definition) is 2. The number of amides is 1. The fourth-order valence-corrected chi connectivity index (χ4v) is 2.92. The standard InChI is InChI=1S/C14H16BF2NO3/c16-14(17)5-1-2-11(14)7-18-13(19)9-3-4-10-8-21-15(20)12(10)6-9/h3-4,6,11,20H,1-2,5,7-8H2,(H,18,19). The van der Waals surface area contributed by atoms with Crippen LogP contribution in [0, 0.1) is 5.92 Å². The number of halogens is 2. The average molecular weight is 295 g/mol. The lowest BCUT2D eigenvalue weighted by Crippen LogP contribution is -2.36. The summed E-state index contributed by atoms with van der Waals surface area (Å²) in [5, 5.41) is 12.2. The van der Waals surface area contributed by atoms with E-state index < -0.39 is 24.9 Å². The van der Waals surface area contributed by atoms with Crippen LogP contribution in [-0.2, 0) is 11.3 Å². The van der Waals surface area contributed by atoms with Gasteiger partial charge in [-0.25, -0.2) is 8.78 Å². The van der Waals surface area contributed by atoms with Crippen LogP contribution in [0.25, 0.3) is 0 Å². The summed E-state index contributed by atoms with van der Waals surface area (Å²) in [6.45, 7) is 0.286. The van der Waals surface area contributed by atoms with E-state index in [0.717, 1.165) is 5.56 Å². The molecule has 2 N–H and O–H groups in total. The Bertz CT molecular complexity index is 567. The number of fused-ring (bicyclic) bond motifs is 1. The Kier molecular flexibility index (Phi) is 3.71. The zero-order valence-electron chi connectivity index (χ0n) is 11.4. The monoisotopic (exact) mass is 295 g/mol. The lowest BCUT2D eigenvalue weighted by molar-refractivity contribution is -0.0352. The molecule has 1 aromatic carbocycles. The minimum absolute atomic E-state index is 0.0258. The van der Waals surface area contributed by atoms with E-state index in [2.05, 4.69) is 5.32 Å². The van der Waals surface area contributed by atoms with Gasteiger partial charge in [0, 0.05) is 24.4 Å². The molecule has 1 heterocycles. The summed E-state index contributed by atoms with van der Waals surface area (Å²) < 4.78 is 32.0. The van der Waals surface area contributed by atoms with Crippen molar-refractivity contribution in [1.82, 2.24) is 5.32 Å². The third kappa shape index (κ3) is 2.80. The summed E-state index contributed by atoms with van der Waals surface area (Å²) in [4.78, 5) is 12.0. The molecular weight excluding hydrogens is 279 g/mol. The highest BCUT2D eigenvalue weighted by Crippen LogP contribution is 2.39. The SMILES string of the molecule is O=C(NCC1CCCC1(F)F)c1ccc2c(c1)B(O)OC2. The zero-order valence-corrected chi connectivity index (χ0v) is 11.4. The van der Waals surface area contributed by atoms with Crippen molar-refractivity contribution in [1.29, 1.82) is 0 Å². The predicted molar refractivity (Wildman–Crippen MR) is 73.5 cm³/mol. The average Bonchev–Trinajstić information content (AvgIpc) is 2.99. The Morgan fingerprint density at radius 2 is 2.33 bits per heavy atom. The summed E-state index contributed by atoms with van der Waals surface area (Å²) in [6, 6.07) is 4.88. The van der Waals surface area contributed by atoms with Crippen LogP contribution in [0.1, 0.15) is 35.2 Å². The molecule has 1 amide bonds. The van der Waals surface area contributed by atoms with Crippen LogP contribution in [0.15, 0.2) is 18.2 Å². The molecule has 0 radical (unpaired) electrons. The normalized spacial score (nSPS) is 23.2. The fourth-order valence-electron chi connectivity index (χ4n) is 2.92. The number of carbonyl (C=O) groups excluding carboxylic acids is 1. The van der Waals surface area contributed by atoms with Crippen molar-refractivity contribution in [2.75, 3.05) is 6.54 Å². The first-order valence-corrected chi connectivity index (χ1v) is 7.06. The van der Waals surface area contributed by atoms with Gasteiger partial charge in [-0.05, 0) is 36.0 Å². The van der Waals surface area contributed by atoms with Gasteiger partial charge in [-0.15, -0.1) is 0 Å². The van der Waals surface area contributed by atoms with Gasteiger partial charge in [0.15, 0.2) is 0 Å². The van der Waals surface area contributed by atoms with Gasteiger partial charge in [0.2, 0.25) is 0 Å². The molecule has 1 aliphatic carbocycles. The Morgan fingerprint density at radius 1 is 1.52 bits per heavy atom. The molecule has 4 nitrogen and oxygen atoms in total. The van der Waals surface area contributed by atoms with Crippen LogP contribution in [0.3, 0.4) is 0 Å². The maximum atomic E-state index is 13.5. The lowest BCUT2D eigenvalue weighted by atomic mass is 9.79. The van der Waals surface area contributed by atoms with E-state index in [1.807, 2.05) is 0 Å². The van der Waals surface area contributed by atoms with Gasteiger partial charge >= 0.3 is 7.12 Å². The number of alkyl halides is 2. The molecule has 0 spiro atoms. The van der Waals surface area contributed by atoms with Crippen molar-refractivity contribution >= 4 is 18.5 Å². The van der Waals surface area contributed by atoms with Crippen molar-refractivity contribution in [3.05, 3.63) is 29.3 Å². The number of rotatable bonds is 3. The smallest absolute Gasteiger partial charge is 0.423 e. The number of nitrogens with one attached hydrogen (secondary N) is 1. The fraction of sp³-hybridized carbons (Fsp3) is 0.500. The summed E-state index contributed by atoms with van der Waals surface area (Å²) in [5.41, 5.74) is 1.75. The second kappa shape index (κ2) is 5.38. The van der Waals surface area contributed by atoms with Crippen LogP contribution < -0.4 is 10.8 Å². The third-order valence-corrected chi connectivity index (χ3v) is 4.24. The van der Waals surface area contributed by atoms with E-state index in [1.54, 1.807) is 18.2 Å². The van der Waals surface area contributed by atoms with Crippen LogP contribution in [0.5, 0.6) is 0 Å². The molecule has 1 fully saturated rings. The largest absolute Gasteiger partial charge is 0.491 e.